The number of amidine groups is 1. The van der Waals surface area contributed by atoms with Gasteiger partial charge in [0.2, 0.25) is 0 Å². The molecule has 16 heavy (non-hydrogen) atoms. The largest absolute Gasteiger partial charge is 0.384 e. The van der Waals surface area contributed by atoms with Crippen molar-refractivity contribution >= 4 is 17.6 Å². The lowest BCUT2D eigenvalue weighted by molar-refractivity contribution is 1.08. The van der Waals surface area contributed by atoms with E-state index in [1.165, 1.54) is 11.8 Å². The molecule has 0 aliphatic carbocycles. The second-order valence-corrected chi connectivity index (χ2v) is 4.05. The molecule has 2 heterocycles. The molecule has 5 heteroatoms. The van der Waals surface area contributed by atoms with E-state index in [4.69, 9.17) is 11.1 Å². The summed E-state index contributed by atoms with van der Waals surface area (Å²) in [5.74, 6) is 0.0199. The van der Waals surface area contributed by atoms with E-state index in [2.05, 4.69) is 9.97 Å². The van der Waals surface area contributed by atoms with Crippen LogP contribution < -0.4 is 5.73 Å². The third-order valence-electron chi connectivity index (χ3n) is 1.90. The van der Waals surface area contributed by atoms with Crippen LogP contribution in [0.2, 0.25) is 0 Å². The standard InChI is InChI=1S/C11H10N4S/c12-10(13)8-4-3-7-15-11(8)16-9-5-1-2-6-14-9/h1-7H,(H3,12,13). The van der Waals surface area contributed by atoms with Gasteiger partial charge in [0.05, 0.1) is 0 Å². The lowest BCUT2D eigenvalue weighted by Crippen LogP contribution is -2.12. The number of nitrogen functional groups attached to an aromatic ring is 1. The highest BCUT2D eigenvalue weighted by Gasteiger charge is 2.07. The van der Waals surface area contributed by atoms with Crippen LogP contribution >= 0.6 is 11.8 Å². The Morgan fingerprint density at radius 1 is 1.12 bits per heavy atom. The van der Waals surface area contributed by atoms with Gasteiger partial charge in [0.1, 0.15) is 15.9 Å². The van der Waals surface area contributed by atoms with Crippen LogP contribution in [0.5, 0.6) is 0 Å². The van der Waals surface area contributed by atoms with Gasteiger partial charge in [-0.2, -0.15) is 0 Å². The van der Waals surface area contributed by atoms with Crippen molar-refractivity contribution in [1.82, 2.24) is 9.97 Å². The van der Waals surface area contributed by atoms with Crippen LogP contribution in [0.1, 0.15) is 5.56 Å². The first-order chi connectivity index (χ1) is 7.77. The Labute approximate surface area is 97.4 Å². The van der Waals surface area contributed by atoms with E-state index in [-0.39, 0.29) is 5.84 Å². The molecule has 4 nitrogen and oxygen atoms in total. The van der Waals surface area contributed by atoms with Crippen LogP contribution in [0, 0.1) is 5.41 Å². The fourth-order valence-electron chi connectivity index (χ4n) is 1.18. The zero-order chi connectivity index (χ0) is 11.4. The molecule has 0 amide bonds. The first-order valence-electron chi connectivity index (χ1n) is 4.65. The third-order valence-corrected chi connectivity index (χ3v) is 2.87. The number of aromatic nitrogens is 2. The molecule has 2 aromatic heterocycles. The van der Waals surface area contributed by atoms with Gasteiger partial charge >= 0.3 is 0 Å². The molecule has 0 radical (unpaired) electrons. The van der Waals surface area contributed by atoms with Crippen LogP contribution in [-0.2, 0) is 0 Å². The molecule has 0 aliphatic heterocycles. The maximum atomic E-state index is 7.45. The summed E-state index contributed by atoms with van der Waals surface area (Å²) < 4.78 is 0. The van der Waals surface area contributed by atoms with Crippen LogP contribution in [0.25, 0.3) is 0 Å². The Morgan fingerprint density at radius 2 is 1.94 bits per heavy atom. The molecule has 0 aliphatic rings. The van der Waals surface area contributed by atoms with Crippen molar-refractivity contribution in [3.05, 3.63) is 48.3 Å². The van der Waals surface area contributed by atoms with E-state index in [0.717, 1.165) is 5.03 Å². The van der Waals surface area contributed by atoms with Crippen molar-refractivity contribution in [2.45, 2.75) is 10.1 Å². The fourth-order valence-corrected chi connectivity index (χ4v) is 2.04. The zero-order valence-electron chi connectivity index (χ0n) is 8.42. The predicted molar refractivity (Wildman–Crippen MR) is 63.6 cm³/mol. The van der Waals surface area contributed by atoms with Crippen molar-refractivity contribution in [2.75, 3.05) is 0 Å². The lowest BCUT2D eigenvalue weighted by atomic mass is 10.3. The van der Waals surface area contributed by atoms with Crippen molar-refractivity contribution < 1.29 is 0 Å². The first-order valence-corrected chi connectivity index (χ1v) is 5.47. The van der Waals surface area contributed by atoms with Crippen LogP contribution in [-0.4, -0.2) is 15.8 Å². The van der Waals surface area contributed by atoms with Gasteiger partial charge in [0.25, 0.3) is 0 Å². The monoisotopic (exact) mass is 230 g/mol. The number of rotatable bonds is 3. The summed E-state index contributed by atoms with van der Waals surface area (Å²) in [6, 6.07) is 9.20. The summed E-state index contributed by atoms with van der Waals surface area (Å²) in [5, 5.41) is 8.99. The van der Waals surface area contributed by atoms with Crippen molar-refractivity contribution in [2.24, 2.45) is 5.73 Å². The predicted octanol–water partition coefficient (Wildman–Crippen LogP) is 1.91. The number of nitrogens with one attached hydrogen (secondary N) is 1. The summed E-state index contributed by atoms with van der Waals surface area (Å²) in [5.41, 5.74) is 6.11. The molecule has 0 unspecified atom stereocenters. The minimum atomic E-state index is 0.0199. The van der Waals surface area contributed by atoms with Gasteiger partial charge in [-0.3, -0.25) is 5.41 Å². The third kappa shape index (κ3) is 2.38. The Morgan fingerprint density at radius 3 is 2.62 bits per heavy atom. The Bertz CT molecular complexity index is 498. The highest BCUT2D eigenvalue weighted by Crippen LogP contribution is 2.26. The molecule has 2 rings (SSSR count). The van der Waals surface area contributed by atoms with E-state index < -0.39 is 0 Å². The van der Waals surface area contributed by atoms with Gasteiger partial charge in [-0.05, 0) is 36.0 Å². The van der Waals surface area contributed by atoms with Crippen molar-refractivity contribution in [3.8, 4) is 0 Å². The first kappa shape index (κ1) is 10.6. The summed E-state index contributed by atoms with van der Waals surface area (Å²) in [6.07, 6.45) is 3.40. The summed E-state index contributed by atoms with van der Waals surface area (Å²) >= 11 is 1.40. The van der Waals surface area contributed by atoms with E-state index in [1.54, 1.807) is 24.5 Å². The Kier molecular flexibility index (Phi) is 3.16. The normalized spacial score (nSPS) is 10.0. The van der Waals surface area contributed by atoms with Gasteiger partial charge in [0.15, 0.2) is 0 Å². The molecule has 80 valence electrons. The molecule has 0 spiro atoms. The highest BCUT2D eigenvalue weighted by molar-refractivity contribution is 7.99. The average Bonchev–Trinajstić information content (AvgIpc) is 2.31. The maximum Gasteiger partial charge on any atom is 0.125 e. The van der Waals surface area contributed by atoms with Gasteiger partial charge < -0.3 is 5.73 Å². The topological polar surface area (TPSA) is 75.7 Å². The van der Waals surface area contributed by atoms with E-state index in [1.807, 2.05) is 18.2 Å². The number of nitrogens with zero attached hydrogens (tertiary/aromatic N) is 2. The van der Waals surface area contributed by atoms with Gasteiger partial charge in [0, 0.05) is 18.0 Å². The maximum absolute atomic E-state index is 7.45. The summed E-state index contributed by atoms with van der Waals surface area (Å²) in [6.45, 7) is 0. The fraction of sp³-hybridized carbons (Fsp3) is 0. The lowest BCUT2D eigenvalue weighted by Gasteiger charge is -2.05. The molecule has 2 aromatic rings. The number of pyridine rings is 2. The van der Waals surface area contributed by atoms with Crippen LogP contribution in [0.15, 0.2) is 52.8 Å². The molecule has 0 fully saturated rings. The summed E-state index contributed by atoms with van der Waals surface area (Å²) in [4.78, 5) is 8.38. The average molecular weight is 230 g/mol. The second kappa shape index (κ2) is 4.76. The molecule has 0 saturated carbocycles. The van der Waals surface area contributed by atoms with Crippen molar-refractivity contribution in [1.29, 1.82) is 5.41 Å². The van der Waals surface area contributed by atoms with E-state index >= 15 is 0 Å². The number of hydrogen-bond donors (Lipinski definition) is 2. The molecule has 3 N–H and O–H groups in total. The zero-order valence-corrected chi connectivity index (χ0v) is 9.24. The Balaban J connectivity index is 2.31. The van der Waals surface area contributed by atoms with E-state index in [0.29, 0.717) is 10.6 Å². The SMILES string of the molecule is N=C(N)c1cccnc1Sc1ccccn1. The Hall–Kier alpha value is -1.88. The van der Waals surface area contributed by atoms with Gasteiger partial charge in [-0.1, -0.05) is 6.07 Å². The molecule has 0 atom stereocenters. The quantitative estimate of drug-likeness (QED) is 0.624. The summed E-state index contributed by atoms with van der Waals surface area (Å²) in [7, 11) is 0. The molecule has 0 saturated heterocycles. The van der Waals surface area contributed by atoms with Crippen LogP contribution in [0.4, 0.5) is 0 Å². The number of nitrogens with two attached hydrogens (primary N) is 1. The molecule has 0 bridgehead atoms. The van der Waals surface area contributed by atoms with E-state index in [9.17, 15) is 0 Å². The number of hydrogen-bond acceptors (Lipinski definition) is 4. The smallest absolute Gasteiger partial charge is 0.125 e. The van der Waals surface area contributed by atoms with Gasteiger partial charge in [-0.15, -0.1) is 0 Å². The minimum absolute atomic E-state index is 0.0199. The van der Waals surface area contributed by atoms with Gasteiger partial charge in [-0.25, -0.2) is 9.97 Å². The minimum Gasteiger partial charge on any atom is -0.384 e. The van der Waals surface area contributed by atoms with Crippen molar-refractivity contribution in [3.63, 3.8) is 0 Å². The highest BCUT2D eigenvalue weighted by atomic mass is 32.2. The van der Waals surface area contributed by atoms with Crippen LogP contribution in [0.3, 0.4) is 0 Å². The second-order valence-electron chi connectivity index (χ2n) is 3.04. The molecular formula is C11H10N4S. The molecular weight excluding hydrogens is 220 g/mol. The molecule has 0 aromatic carbocycles.